The average molecular weight is 358 g/mol. The Morgan fingerprint density at radius 2 is 1.04 bits per heavy atom. The largest absolute Gasteiger partial charge is 0.399 e. The van der Waals surface area contributed by atoms with Gasteiger partial charge in [-0.25, -0.2) is 27.1 Å². The summed E-state index contributed by atoms with van der Waals surface area (Å²) < 4.78 is 42.9. The van der Waals surface area contributed by atoms with Crippen LogP contribution in [-0.4, -0.2) is 16.8 Å². The maximum Gasteiger partial charge on any atom is 0.238 e. The number of hydrogen-bond donors (Lipinski definition) is 4. The third-order valence-corrected chi connectivity index (χ3v) is 4.55. The van der Waals surface area contributed by atoms with Crippen LogP contribution < -0.4 is 21.7 Å². The number of sulfonamides is 2. The van der Waals surface area contributed by atoms with Gasteiger partial charge in [-0.3, -0.25) is 0 Å². The van der Waals surface area contributed by atoms with E-state index < -0.39 is 20.0 Å². The van der Waals surface area contributed by atoms with Gasteiger partial charge >= 0.3 is 0 Å². The van der Waals surface area contributed by atoms with E-state index in [1.807, 2.05) is 0 Å². The summed E-state index contributed by atoms with van der Waals surface area (Å²) in [5.74, 6) is 0. The number of rotatable bonds is 3. The van der Waals surface area contributed by atoms with Crippen molar-refractivity contribution in [2.75, 3.05) is 5.73 Å². The number of primary sulfonamides is 2. The van der Waals surface area contributed by atoms with Gasteiger partial charge in [0.15, 0.2) is 0 Å². The molecule has 0 saturated carbocycles. The molecule has 0 aliphatic rings. The van der Waals surface area contributed by atoms with Gasteiger partial charge in [0.1, 0.15) is 0 Å². The topological polar surface area (TPSA) is 172 Å². The fourth-order valence-corrected chi connectivity index (χ4v) is 2.50. The van der Waals surface area contributed by atoms with E-state index in [9.17, 15) is 16.8 Å². The predicted octanol–water partition coefficient (Wildman–Crippen LogP) is -0.291. The van der Waals surface area contributed by atoms with Crippen molar-refractivity contribution in [2.45, 2.75) is 16.3 Å². The molecular weight excluding hydrogens is 340 g/mol. The highest BCUT2D eigenvalue weighted by Gasteiger charge is 2.06. The van der Waals surface area contributed by atoms with Gasteiger partial charge in [0.2, 0.25) is 20.0 Å². The average Bonchev–Trinajstić information content (AvgIpc) is 2.46. The second-order valence-corrected chi connectivity index (χ2v) is 7.63. The first-order valence-electron chi connectivity index (χ1n) is 6.24. The van der Waals surface area contributed by atoms with Crippen molar-refractivity contribution < 1.29 is 16.8 Å². The van der Waals surface area contributed by atoms with Gasteiger partial charge in [0.05, 0.1) is 9.79 Å². The van der Waals surface area contributed by atoms with E-state index in [0.29, 0.717) is 12.2 Å². The Morgan fingerprint density at radius 1 is 0.696 bits per heavy atom. The first-order chi connectivity index (χ1) is 10.5. The molecule has 8 nitrogen and oxygen atoms in total. The lowest BCUT2D eigenvalue weighted by Gasteiger charge is -1.98. The highest BCUT2D eigenvalue weighted by atomic mass is 32.2. The fourth-order valence-electron chi connectivity index (χ4n) is 1.47. The van der Waals surface area contributed by atoms with E-state index in [1.165, 1.54) is 36.4 Å². The van der Waals surface area contributed by atoms with E-state index in [0.717, 1.165) is 5.56 Å². The van der Waals surface area contributed by atoms with Crippen molar-refractivity contribution in [3.63, 3.8) is 0 Å². The van der Waals surface area contributed by atoms with Crippen LogP contribution in [0.4, 0.5) is 5.69 Å². The Kier molecular flexibility index (Phi) is 6.24. The zero-order chi connectivity index (χ0) is 17.7. The summed E-state index contributed by atoms with van der Waals surface area (Å²) in [7, 11) is -7.14. The maximum atomic E-state index is 10.8. The van der Waals surface area contributed by atoms with Gasteiger partial charge in [-0.2, -0.15) is 0 Å². The van der Waals surface area contributed by atoms with Gasteiger partial charge in [-0.05, 0) is 42.0 Å². The summed E-state index contributed by atoms with van der Waals surface area (Å²) in [6.45, 7) is 0.394. The molecular formula is C13H18N4O4S2. The number of nitrogens with two attached hydrogens (primary N) is 4. The molecule has 0 aliphatic heterocycles. The predicted molar refractivity (Wildman–Crippen MR) is 87.9 cm³/mol. The molecule has 23 heavy (non-hydrogen) atoms. The quantitative estimate of drug-likeness (QED) is 0.549. The normalized spacial score (nSPS) is 11.4. The Balaban J connectivity index is 0.000000231. The van der Waals surface area contributed by atoms with Gasteiger partial charge in [0, 0.05) is 12.2 Å². The minimum atomic E-state index is -3.58. The molecule has 0 fully saturated rings. The molecule has 0 amide bonds. The van der Waals surface area contributed by atoms with E-state index in [4.69, 9.17) is 21.7 Å². The van der Waals surface area contributed by atoms with Crippen LogP contribution in [0.1, 0.15) is 5.56 Å². The Labute approximate surface area is 135 Å². The zero-order valence-electron chi connectivity index (χ0n) is 12.1. The first-order valence-corrected chi connectivity index (χ1v) is 9.33. The summed E-state index contributed by atoms with van der Waals surface area (Å²) in [6, 6.07) is 11.9. The Bertz CT molecular complexity index is 846. The van der Waals surface area contributed by atoms with Crippen LogP contribution in [0, 0.1) is 0 Å². The summed E-state index contributed by atoms with van der Waals surface area (Å²) in [4.78, 5) is 0.186. The first kappa shape index (κ1) is 19.1. The van der Waals surface area contributed by atoms with Crippen molar-refractivity contribution in [3.05, 3.63) is 54.1 Å². The summed E-state index contributed by atoms with van der Waals surface area (Å²) >= 11 is 0. The number of hydrogen-bond acceptors (Lipinski definition) is 6. The van der Waals surface area contributed by atoms with Crippen molar-refractivity contribution in [2.24, 2.45) is 16.0 Å². The van der Waals surface area contributed by atoms with Crippen LogP contribution in [0.3, 0.4) is 0 Å². The summed E-state index contributed by atoms with van der Waals surface area (Å²) in [5, 5.41) is 9.73. The Hall–Kier alpha value is -1.98. The van der Waals surface area contributed by atoms with Gasteiger partial charge in [-0.1, -0.05) is 12.1 Å². The van der Waals surface area contributed by atoms with E-state index in [-0.39, 0.29) is 9.79 Å². The number of benzene rings is 2. The lowest BCUT2D eigenvalue weighted by molar-refractivity contribution is 0.596. The highest BCUT2D eigenvalue weighted by molar-refractivity contribution is 7.89. The number of nitrogen functional groups attached to an aromatic ring is 1. The monoisotopic (exact) mass is 358 g/mol. The summed E-state index contributed by atoms with van der Waals surface area (Å²) in [6.07, 6.45) is 0. The Morgan fingerprint density at radius 3 is 1.35 bits per heavy atom. The van der Waals surface area contributed by atoms with E-state index in [2.05, 4.69) is 0 Å². The van der Waals surface area contributed by atoms with Crippen LogP contribution in [0.15, 0.2) is 58.3 Å². The molecule has 0 radical (unpaired) electrons. The SMILES string of the molecule is NCc1ccc(S(N)(=O)=O)cc1.Nc1ccc(S(N)(=O)=O)cc1. The molecule has 0 spiro atoms. The smallest absolute Gasteiger partial charge is 0.238 e. The third-order valence-electron chi connectivity index (χ3n) is 2.70. The van der Waals surface area contributed by atoms with Crippen molar-refractivity contribution in [1.29, 1.82) is 0 Å². The molecule has 0 heterocycles. The van der Waals surface area contributed by atoms with Crippen LogP contribution >= 0.6 is 0 Å². The summed E-state index contributed by atoms with van der Waals surface area (Å²) in [5.41, 5.74) is 12.1. The standard InChI is InChI=1S/C7H10N2O2S.C6H8N2O2S/c8-5-6-1-3-7(4-2-6)12(9,10)11;7-5-1-3-6(4-2-5)11(8,9)10/h1-4H,5,8H2,(H2,9,10,11);1-4H,7H2,(H2,8,9,10). The lowest BCUT2D eigenvalue weighted by Crippen LogP contribution is -2.12. The van der Waals surface area contributed by atoms with Crippen molar-refractivity contribution in [1.82, 2.24) is 0 Å². The molecule has 0 aromatic heterocycles. The molecule has 8 N–H and O–H groups in total. The molecule has 10 heteroatoms. The molecule has 2 aromatic rings. The van der Waals surface area contributed by atoms with Crippen LogP contribution in [-0.2, 0) is 26.6 Å². The zero-order valence-corrected chi connectivity index (χ0v) is 13.7. The van der Waals surface area contributed by atoms with Crippen LogP contribution in [0.5, 0.6) is 0 Å². The molecule has 2 rings (SSSR count). The molecule has 126 valence electrons. The molecule has 0 bridgehead atoms. The highest BCUT2D eigenvalue weighted by Crippen LogP contribution is 2.09. The second kappa shape index (κ2) is 7.53. The van der Waals surface area contributed by atoms with E-state index in [1.54, 1.807) is 12.1 Å². The minimum Gasteiger partial charge on any atom is -0.399 e. The molecule has 0 saturated heterocycles. The van der Waals surface area contributed by atoms with Crippen LogP contribution in [0.25, 0.3) is 0 Å². The molecule has 0 unspecified atom stereocenters. The number of anilines is 1. The maximum absolute atomic E-state index is 10.8. The van der Waals surface area contributed by atoms with Gasteiger partial charge in [0.25, 0.3) is 0 Å². The molecule has 0 atom stereocenters. The van der Waals surface area contributed by atoms with E-state index >= 15 is 0 Å². The fraction of sp³-hybridized carbons (Fsp3) is 0.0769. The molecule has 0 aliphatic carbocycles. The van der Waals surface area contributed by atoms with Crippen molar-refractivity contribution >= 4 is 25.7 Å². The van der Waals surface area contributed by atoms with Crippen molar-refractivity contribution in [3.8, 4) is 0 Å². The third kappa shape index (κ3) is 6.34. The van der Waals surface area contributed by atoms with Crippen LogP contribution in [0.2, 0.25) is 0 Å². The molecule has 2 aromatic carbocycles. The minimum absolute atomic E-state index is 0.0756. The van der Waals surface area contributed by atoms with Gasteiger partial charge in [-0.15, -0.1) is 0 Å². The second-order valence-electron chi connectivity index (χ2n) is 4.51. The lowest BCUT2D eigenvalue weighted by atomic mass is 10.2. The van der Waals surface area contributed by atoms with Gasteiger partial charge < -0.3 is 11.5 Å².